The number of amides is 1. The average molecular weight is 235 g/mol. The summed E-state index contributed by atoms with van der Waals surface area (Å²) in [4.78, 5) is 11.5. The van der Waals surface area contributed by atoms with E-state index in [1.165, 1.54) is 0 Å². The van der Waals surface area contributed by atoms with Crippen LogP contribution in [-0.2, 0) is 14.8 Å². The first-order chi connectivity index (χ1) is 6.88. The highest BCUT2D eigenvalue weighted by molar-refractivity contribution is 7.89. The van der Waals surface area contributed by atoms with Crippen LogP contribution in [0.4, 0.5) is 0 Å². The highest BCUT2D eigenvalue weighted by Crippen LogP contribution is 2.23. The van der Waals surface area contributed by atoms with Crippen molar-refractivity contribution < 1.29 is 13.2 Å². The maximum Gasteiger partial charge on any atom is 0.223 e. The van der Waals surface area contributed by atoms with E-state index in [-0.39, 0.29) is 30.2 Å². The van der Waals surface area contributed by atoms with Crippen molar-refractivity contribution in [1.82, 2.24) is 5.32 Å². The minimum Gasteiger partial charge on any atom is -0.355 e. The number of hydrogen-bond acceptors (Lipinski definition) is 4. The van der Waals surface area contributed by atoms with E-state index >= 15 is 0 Å². The first-order valence-corrected chi connectivity index (χ1v) is 6.64. The molecule has 7 heteroatoms. The van der Waals surface area contributed by atoms with Crippen LogP contribution in [0.2, 0.25) is 0 Å². The molecule has 15 heavy (non-hydrogen) atoms. The number of rotatable bonds is 4. The van der Waals surface area contributed by atoms with Crippen LogP contribution >= 0.6 is 0 Å². The molecule has 2 atom stereocenters. The van der Waals surface area contributed by atoms with Crippen LogP contribution in [0.5, 0.6) is 0 Å². The van der Waals surface area contributed by atoms with Crippen molar-refractivity contribution in [3.8, 4) is 0 Å². The molecule has 0 bridgehead atoms. The Balaban J connectivity index is 2.25. The summed E-state index contributed by atoms with van der Waals surface area (Å²) in [5.41, 5.74) is 5.66. The first-order valence-electron chi connectivity index (χ1n) is 4.92. The van der Waals surface area contributed by atoms with Gasteiger partial charge in [-0.15, -0.1) is 0 Å². The van der Waals surface area contributed by atoms with E-state index in [0.29, 0.717) is 6.42 Å². The fraction of sp³-hybridized carbons (Fsp3) is 0.875. The number of carbonyl (C=O) groups excluding carboxylic acids is 1. The number of nitrogens with one attached hydrogen (secondary N) is 1. The smallest absolute Gasteiger partial charge is 0.223 e. The van der Waals surface area contributed by atoms with Crippen LogP contribution < -0.4 is 16.2 Å². The summed E-state index contributed by atoms with van der Waals surface area (Å²) in [6.07, 6.45) is 2.32. The Morgan fingerprint density at radius 3 is 2.53 bits per heavy atom. The minimum atomic E-state index is -3.49. The molecule has 0 radical (unpaired) electrons. The highest BCUT2D eigenvalue weighted by Gasteiger charge is 2.27. The third-order valence-corrected chi connectivity index (χ3v) is 3.30. The van der Waals surface area contributed by atoms with E-state index in [2.05, 4.69) is 5.32 Å². The molecule has 1 fully saturated rings. The summed E-state index contributed by atoms with van der Waals surface area (Å²) in [6.45, 7) is 0.0728. The van der Waals surface area contributed by atoms with Crippen molar-refractivity contribution in [2.24, 2.45) is 16.8 Å². The van der Waals surface area contributed by atoms with Gasteiger partial charge in [-0.2, -0.15) is 0 Å². The average Bonchev–Trinajstić information content (AvgIpc) is 2.49. The quantitative estimate of drug-likeness (QED) is 0.551. The third-order valence-electron chi connectivity index (χ3n) is 2.53. The molecule has 0 aromatic heterocycles. The number of nitrogens with two attached hydrogens (primary N) is 2. The van der Waals surface area contributed by atoms with Crippen LogP contribution in [0.25, 0.3) is 0 Å². The van der Waals surface area contributed by atoms with E-state index in [1.807, 2.05) is 0 Å². The molecule has 0 spiro atoms. The Morgan fingerprint density at radius 1 is 1.40 bits per heavy atom. The van der Waals surface area contributed by atoms with Gasteiger partial charge in [0.25, 0.3) is 0 Å². The molecule has 1 rings (SSSR count). The van der Waals surface area contributed by atoms with Crippen LogP contribution in [-0.4, -0.2) is 32.7 Å². The monoisotopic (exact) mass is 235 g/mol. The van der Waals surface area contributed by atoms with Gasteiger partial charge >= 0.3 is 0 Å². The predicted octanol–water partition coefficient (Wildman–Crippen LogP) is -1.48. The third kappa shape index (κ3) is 4.59. The Bertz CT molecular complexity index is 328. The standard InChI is InChI=1S/C8H17N3O3S/c9-7-2-1-6(5-7)8(12)11-3-4-15(10,13)14/h6-7H,1-5,9H2,(H,11,12)(H2,10,13,14). The Labute approximate surface area is 89.4 Å². The molecule has 0 saturated heterocycles. The van der Waals surface area contributed by atoms with Crippen molar-refractivity contribution >= 4 is 15.9 Å². The molecular formula is C8H17N3O3S. The SMILES string of the molecule is NC1CCC(C(=O)NCCS(N)(=O)=O)C1. The summed E-state index contributed by atoms with van der Waals surface area (Å²) in [6, 6.07) is 0.0963. The summed E-state index contributed by atoms with van der Waals surface area (Å²) in [5.74, 6) is -0.413. The van der Waals surface area contributed by atoms with Crippen LogP contribution in [0.1, 0.15) is 19.3 Å². The fourth-order valence-corrected chi connectivity index (χ4v) is 2.10. The van der Waals surface area contributed by atoms with Gasteiger partial charge < -0.3 is 11.1 Å². The van der Waals surface area contributed by atoms with E-state index in [4.69, 9.17) is 10.9 Å². The van der Waals surface area contributed by atoms with Gasteiger partial charge in [0.15, 0.2) is 0 Å². The lowest BCUT2D eigenvalue weighted by molar-refractivity contribution is -0.124. The molecule has 1 amide bonds. The van der Waals surface area contributed by atoms with Gasteiger partial charge in [-0.25, -0.2) is 13.6 Å². The number of hydrogen-bond donors (Lipinski definition) is 3. The van der Waals surface area contributed by atoms with Gasteiger partial charge in [0.2, 0.25) is 15.9 Å². The van der Waals surface area contributed by atoms with Crippen LogP contribution in [0.3, 0.4) is 0 Å². The van der Waals surface area contributed by atoms with E-state index < -0.39 is 10.0 Å². The van der Waals surface area contributed by atoms with Crippen molar-refractivity contribution in [3.63, 3.8) is 0 Å². The van der Waals surface area contributed by atoms with Gasteiger partial charge in [0.05, 0.1) is 5.75 Å². The van der Waals surface area contributed by atoms with Crippen LogP contribution in [0.15, 0.2) is 0 Å². The summed E-state index contributed by atoms with van der Waals surface area (Å²) >= 11 is 0. The van der Waals surface area contributed by atoms with E-state index in [9.17, 15) is 13.2 Å². The first kappa shape index (κ1) is 12.4. The topological polar surface area (TPSA) is 115 Å². The lowest BCUT2D eigenvalue weighted by Crippen LogP contribution is -2.35. The molecule has 0 heterocycles. The molecule has 0 aliphatic heterocycles. The van der Waals surface area contributed by atoms with Gasteiger partial charge in [0.1, 0.15) is 0 Å². The summed E-state index contributed by atoms with van der Waals surface area (Å²) < 4.78 is 21.2. The van der Waals surface area contributed by atoms with Gasteiger partial charge in [-0.1, -0.05) is 0 Å². The molecule has 1 aliphatic carbocycles. The van der Waals surface area contributed by atoms with E-state index in [0.717, 1.165) is 12.8 Å². The van der Waals surface area contributed by atoms with Crippen molar-refractivity contribution in [1.29, 1.82) is 0 Å². The Hall–Kier alpha value is -0.660. The van der Waals surface area contributed by atoms with Crippen molar-refractivity contribution in [3.05, 3.63) is 0 Å². The minimum absolute atomic E-state index is 0.0690. The fourth-order valence-electron chi connectivity index (χ4n) is 1.72. The summed E-state index contributed by atoms with van der Waals surface area (Å²) in [7, 11) is -3.49. The van der Waals surface area contributed by atoms with Crippen molar-refractivity contribution in [2.75, 3.05) is 12.3 Å². The maximum atomic E-state index is 11.5. The zero-order chi connectivity index (χ0) is 11.5. The molecule has 6 nitrogen and oxygen atoms in total. The maximum absolute atomic E-state index is 11.5. The normalized spacial score (nSPS) is 26.5. The largest absolute Gasteiger partial charge is 0.355 e. The second-order valence-corrected chi connectivity index (χ2v) is 5.66. The number of carbonyl (C=O) groups is 1. The van der Waals surface area contributed by atoms with Crippen molar-refractivity contribution in [2.45, 2.75) is 25.3 Å². The molecule has 1 aliphatic rings. The second kappa shape index (κ2) is 4.91. The van der Waals surface area contributed by atoms with E-state index in [1.54, 1.807) is 0 Å². The lowest BCUT2D eigenvalue weighted by atomic mass is 10.1. The predicted molar refractivity (Wildman–Crippen MR) is 56.3 cm³/mol. The molecule has 1 saturated carbocycles. The van der Waals surface area contributed by atoms with Gasteiger partial charge in [-0.3, -0.25) is 4.79 Å². The zero-order valence-corrected chi connectivity index (χ0v) is 9.29. The van der Waals surface area contributed by atoms with Crippen LogP contribution in [0, 0.1) is 5.92 Å². The zero-order valence-electron chi connectivity index (χ0n) is 8.48. The Kier molecular flexibility index (Phi) is 4.06. The lowest BCUT2D eigenvalue weighted by Gasteiger charge is -2.09. The Morgan fingerprint density at radius 2 is 2.07 bits per heavy atom. The molecule has 88 valence electrons. The second-order valence-electron chi connectivity index (χ2n) is 3.93. The molecule has 0 aromatic rings. The number of sulfonamides is 1. The molecule has 0 aromatic carbocycles. The summed E-state index contributed by atoms with van der Waals surface area (Å²) in [5, 5.41) is 7.35. The van der Waals surface area contributed by atoms with Gasteiger partial charge in [0, 0.05) is 18.5 Å². The van der Waals surface area contributed by atoms with Gasteiger partial charge in [-0.05, 0) is 19.3 Å². The number of primary sulfonamides is 1. The molecule has 2 unspecified atom stereocenters. The molecular weight excluding hydrogens is 218 g/mol. The molecule has 5 N–H and O–H groups in total. The highest BCUT2D eigenvalue weighted by atomic mass is 32.2.